The molecule has 0 bridgehead atoms. The van der Waals surface area contributed by atoms with Crippen LogP contribution in [0.25, 0.3) is 0 Å². The van der Waals surface area contributed by atoms with Crippen LogP contribution in [0.1, 0.15) is 16.7 Å². The van der Waals surface area contributed by atoms with Gasteiger partial charge in [-0.15, -0.1) is 0 Å². The van der Waals surface area contributed by atoms with E-state index < -0.39 is 0 Å². The highest BCUT2D eigenvalue weighted by Crippen LogP contribution is 2.09. The van der Waals surface area contributed by atoms with Gasteiger partial charge in [0.25, 0.3) is 0 Å². The van der Waals surface area contributed by atoms with Crippen molar-refractivity contribution in [1.29, 1.82) is 0 Å². The van der Waals surface area contributed by atoms with Crippen LogP contribution in [-0.4, -0.2) is 11.0 Å². The molecule has 0 saturated carbocycles. The van der Waals surface area contributed by atoms with Crippen molar-refractivity contribution >= 4 is 28.9 Å². The molecule has 2 amide bonds. The molecular weight excluding hydrogens is 282 g/mol. The van der Waals surface area contributed by atoms with Gasteiger partial charge in [0.15, 0.2) is 0 Å². The van der Waals surface area contributed by atoms with Crippen LogP contribution < -0.4 is 16.4 Å². The molecule has 4 nitrogen and oxygen atoms in total. The van der Waals surface area contributed by atoms with Crippen molar-refractivity contribution in [3.05, 3.63) is 65.2 Å². The molecule has 2 aromatic rings. The molecule has 0 aromatic heterocycles. The summed E-state index contributed by atoms with van der Waals surface area (Å²) in [6, 6.07) is 14.9. The van der Waals surface area contributed by atoms with Crippen molar-refractivity contribution in [2.75, 3.05) is 5.32 Å². The Morgan fingerprint density at radius 2 is 1.90 bits per heavy atom. The molecule has 0 heterocycles. The third-order valence-electron chi connectivity index (χ3n) is 2.97. The van der Waals surface area contributed by atoms with E-state index in [0.717, 1.165) is 22.4 Å². The Morgan fingerprint density at radius 1 is 1.19 bits per heavy atom. The molecule has 2 aromatic carbocycles. The van der Waals surface area contributed by atoms with E-state index in [9.17, 15) is 4.79 Å². The summed E-state index contributed by atoms with van der Waals surface area (Å²) in [5.74, 6) is 0. The molecule has 2 rings (SSSR count). The minimum absolute atomic E-state index is 0.237. The predicted octanol–water partition coefficient (Wildman–Crippen LogP) is 2.95. The number of benzene rings is 2. The number of hydrogen-bond acceptors (Lipinski definition) is 2. The smallest absolute Gasteiger partial charge is 0.319 e. The van der Waals surface area contributed by atoms with Gasteiger partial charge in [-0.1, -0.05) is 48.6 Å². The molecule has 108 valence electrons. The first-order chi connectivity index (χ1) is 10.0. The molecule has 0 aliphatic heterocycles. The van der Waals surface area contributed by atoms with E-state index in [1.807, 2.05) is 55.5 Å². The monoisotopic (exact) mass is 299 g/mol. The minimum Gasteiger partial charge on any atom is -0.389 e. The first-order valence-electron chi connectivity index (χ1n) is 6.55. The van der Waals surface area contributed by atoms with Crippen molar-refractivity contribution in [1.82, 2.24) is 5.32 Å². The summed E-state index contributed by atoms with van der Waals surface area (Å²) in [5, 5.41) is 5.59. The number of thiocarbonyl (C=S) groups is 1. The van der Waals surface area contributed by atoms with Gasteiger partial charge in [0, 0.05) is 17.8 Å². The molecule has 0 aliphatic rings. The Balaban J connectivity index is 1.87. The Bertz CT molecular complexity index is 653. The topological polar surface area (TPSA) is 67.2 Å². The first-order valence-corrected chi connectivity index (χ1v) is 6.96. The molecule has 0 radical (unpaired) electrons. The molecule has 0 fully saturated rings. The number of nitrogens with two attached hydrogens (primary N) is 1. The number of carbonyl (C=O) groups is 1. The van der Waals surface area contributed by atoms with Crippen LogP contribution in [0.15, 0.2) is 48.5 Å². The van der Waals surface area contributed by atoms with Crippen LogP contribution in [0, 0.1) is 6.92 Å². The van der Waals surface area contributed by atoms with Crippen molar-refractivity contribution in [3.8, 4) is 0 Å². The Kier molecular flexibility index (Phi) is 4.90. The zero-order valence-electron chi connectivity index (χ0n) is 11.7. The van der Waals surface area contributed by atoms with Crippen LogP contribution in [0.5, 0.6) is 0 Å². The molecule has 0 aliphatic carbocycles. The average molecular weight is 299 g/mol. The number of anilines is 1. The normalized spacial score (nSPS) is 9.95. The maximum Gasteiger partial charge on any atom is 0.319 e. The lowest BCUT2D eigenvalue weighted by atomic mass is 10.1. The predicted molar refractivity (Wildman–Crippen MR) is 89.4 cm³/mol. The number of hydrogen-bond donors (Lipinski definition) is 3. The Morgan fingerprint density at radius 3 is 2.52 bits per heavy atom. The van der Waals surface area contributed by atoms with Crippen LogP contribution in [0.3, 0.4) is 0 Å². The van der Waals surface area contributed by atoms with E-state index in [2.05, 4.69) is 10.6 Å². The van der Waals surface area contributed by atoms with Crippen molar-refractivity contribution in [3.63, 3.8) is 0 Å². The quantitative estimate of drug-likeness (QED) is 0.760. The summed E-state index contributed by atoms with van der Waals surface area (Å²) in [4.78, 5) is 12.2. The van der Waals surface area contributed by atoms with Gasteiger partial charge in [-0.05, 0) is 30.2 Å². The number of urea groups is 1. The van der Waals surface area contributed by atoms with E-state index >= 15 is 0 Å². The van der Waals surface area contributed by atoms with Gasteiger partial charge in [0.05, 0.1) is 0 Å². The SMILES string of the molecule is Cc1cccc(NC(=O)NCc2ccc(C(N)=S)cc2)c1. The van der Waals surface area contributed by atoms with E-state index in [1.54, 1.807) is 0 Å². The lowest BCUT2D eigenvalue weighted by molar-refractivity contribution is 0.251. The van der Waals surface area contributed by atoms with E-state index in [0.29, 0.717) is 11.5 Å². The number of nitrogens with one attached hydrogen (secondary N) is 2. The van der Waals surface area contributed by atoms with Gasteiger partial charge >= 0.3 is 6.03 Å². The highest BCUT2D eigenvalue weighted by molar-refractivity contribution is 7.80. The largest absolute Gasteiger partial charge is 0.389 e. The molecule has 4 N–H and O–H groups in total. The minimum atomic E-state index is -0.237. The number of amides is 2. The van der Waals surface area contributed by atoms with Crippen LogP contribution in [-0.2, 0) is 6.54 Å². The van der Waals surface area contributed by atoms with Crippen LogP contribution in [0.2, 0.25) is 0 Å². The van der Waals surface area contributed by atoms with Crippen LogP contribution >= 0.6 is 12.2 Å². The maximum absolute atomic E-state index is 11.8. The highest BCUT2D eigenvalue weighted by atomic mass is 32.1. The lowest BCUT2D eigenvalue weighted by Gasteiger charge is -2.08. The summed E-state index contributed by atoms with van der Waals surface area (Å²) >= 11 is 4.89. The fraction of sp³-hybridized carbons (Fsp3) is 0.125. The molecular formula is C16H17N3OS. The molecule has 0 atom stereocenters. The second kappa shape index (κ2) is 6.85. The number of rotatable bonds is 4. The highest BCUT2D eigenvalue weighted by Gasteiger charge is 2.02. The summed E-state index contributed by atoms with van der Waals surface area (Å²) in [6.07, 6.45) is 0. The lowest BCUT2D eigenvalue weighted by Crippen LogP contribution is -2.28. The van der Waals surface area contributed by atoms with Gasteiger partial charge in [-0.3, -0.25) is 0 Å². The van der Waals surface area contributed by atoms with Gasteiger partial charge in [0.2, 0.25) is 0 Å². The fourth-order valence-corrected chi connectivity index (χ4v) is 2.00. The standard InChI is InChI=1S/C16H17N3OS/c1-11-3-2-4-14(9-11)19-16(20)18-10-12-5-7-13(8-6-12)15(17)21/h2-9H,10H2,1H3,(H2,17,21)(H2,18,19,20). The van der Waals surface area contributed by atoms with Crippen LogP contribution in [0.4, 0.5) is 10.5 Å². The van der Waals surface area contributed by atoms with E-state index in [1.165, 1.54) is 0 Å². The molecule has 0 saturated heterocycles. The summed E-state index contributed by atoms with van der Waals surface area (Å²) in [5.41, 5.74) is 9.21. The first kappa shape index (κ1) is 15.0. The van der Waals surface area contributed by atoms with Gasteiger partial charge in [-0.2, -0.15) is 0 Å². The third kappa shape index (κ3) is 4.57. The molecule has 5 heteroatoms. The second-order valence-corrected chi connectivity index (χ2v) is 5.18. The Hall–Kier alpha value is -2.40. The summed E-state index contributed by atoms with van der Waals surface area (Å²) in [7, 11) is 0. The average Bonchev–Trinajstić information content (AvgIpc) is 2.45. The van der Waals surface area contributed by atoms with Gasteiger partial charge < -0.3 is 16.4 Å². The van der Waals surface area contributed by atoms with Crippen molar-refractivity contribution < 1.29 is 4.79 Å². The summed E-state index contributed by atoms with van der Waals surface area (Å²) in [6.45, 7) is 2.42. The second-order valence-electron chi connectivity index (χ2n) is 4.74. The molecule has 21 heavy (non-hydrogen) atoms. The molecule has 0 unspecified atom stereocenters. The summed E-state index contributed by atoms with van der Waals surface area (Å²) < 4.78 is 0. The molecule has 0 spiro atoms. The number of carbonyl (C=O) groups excluding carboxylic acids is 1. The Labute approximate surface area is 129 Å². The zero-order valence-corrected chi connectivity index (χ0v) is 12.5. The van der Waals surface area contributed by atoms with E-state index in [-0.39, 0.29) is 6.03 Å². The zero-order chi connectivity index (χ0) is 15.2. The van der Waals surface area contributed by atoms with Gasteiger partial charge in [0.1, 0.15) is 4.99 Å². The fourth-order valence-electron chi connectivity index (χ4n) is 1.87. The van der Waals surface area contributed by atoms with Crippen molar-refractivity contribution in [2.24, 2.45) is 5.73 Å². The van der Waals surface area contributed by atoms with Crippen molar-refractivity contribution in [2.45, 2.75) is 13.5 Å². The van der Waals surface area contributed by atoms with Gasteiger partial charge in [-0.25, -0.2) is 4.79 Å². The number of aryl methyl sites for hydroxylation is 1. The maximum atomic E-state index is 11.8. The van der Waals surface area contributed by atoms with E-state index in [4.69, 9.17) is 18.0 Å². The third-order valence-corrected chi connectivity index (χ3v) is 3.20.